The van der Waals surface area contributed by atoms with E-state index in [4.69, 9.17) is 5.73 Å². The number of nitrogens with zero attached hydrogens (tertiary/aromatic N) is 3. The standard InChI is InChI=1S/C26H36N4O2/c1-18(2)29(19(3)4)26(32)20-9-11-22(12-10-20)30(23-13-15-28(5)16-14-23)24-8-6-7-21(17-24)25(27)31/h6-12,17-19,23H,13-16H2,1-5H3,(H2,27,31). The minimum atomic E-state index is -0.432. The zero-order chi connectivity index (χ0) is 23.4. The Morgan fingerprint density at radius 3 is 2.03 bits per heavy atom. The van der Waals surface area contributed by atoms with Crippen molar-refractivity contribution in [2.24, 2.45) is 5.73 Å². The summed E-state index contributed by atoms with van der Waals surface area (Å²) in [5.41, 5.74) is 8.68. The Hall–Kier alpha value is -2.86. The second kappa shape index (κ2) is 10.2. The second-order valence-electron chi connectivity index (χ2n) is 9.27. The number of amides is 2. The average molecular weight is 437 g/mol. The van der Waals surface area contributed by atoms with Crippen molar-refractivity contribution in [2.75, 3.05) is 25.0 Å². The van der Waals surface area contributed by atoms with Crippen molar-refractivity contribution in [1.82, 2.24) is 9.80 Å². The van der Waals surface area contributed by atoms with E-state index in [1.807, 2.05) is 75.1 Å². The van der Waals surface area contributed by atoms with Crippen LogP contribution in [0.15, 0.2) is 48.5 Å². The van der Waals surface area contributed by atoms with Crippen LogP contribution < -0.4 is 10.6 Å². The van der Waals surface area contributed by atoms with E-state index in [0.717, 1.165) is 37.3 Å². The third-order valence-electron chi connectivity index (χ3n) is 6.20. The van der Waals surface area contributed by atoms with E-state index in [9.17, 15) is 9.59 Å². The van der Waals surface area contributed by atoms with Gasteiger partial charge in [0.2, 0.25) is 5.91 Å². The highest BCUT2D eigenvalue weighted by molar-refractivity contribution is 5.95. The fourth-order valence-electron chi connectivity index (χ4n) is 4.61. The molecule has 0 bridgehead atoms. The largest absolute Gasteiger partial charge is 0.366 e. The molecule has 0 unspecified atom stereocenters. The molecule has 32 heavy (non-hydrogen) atoms. The van der Waals surface area contributed by atoms with Gasteiger partial charge >= 0.3 is 0 Å². The lowest BCUT2D eigenvalue weighted by atomic mass is 10.0. The van der Waals surface area contributed by atoms with Gasteiger partial charge < -0.3 is 20.4 Å². The molecule has 0 spiro atoms. The van der Waals surface area contributed by atoms with Gasteiger partial charge in [0.1, 0.15) is 0 Å². The summed E-state index contributed by atoms with van der Waals surface area (Å²) in [6.07, 6.45) is 2.04. The Morgan fingerprint density at radius 2 is 1.50 bits per heavy atom. The van der Waals surface area contributed by atoms with Gasteiger partial charge in [-0.1, -0.05) is 6.07 Å². The number of carbonyl (C=O) groups excluding carboxylic acids is 2. The molecule has 1 heterocycles. The van der Waals surface area contributed by atoms with E-state index in [-0.39, 0.29) is 18.0 Å². The van der Waals surface area contributed by atoms with Crippen molar-refractivity contribution < 1.29 is 9.59 Å². The van der Waals surface area contributed by atoms with Crippen molar-refractivity contribution in [3.63, 3.8) is 0 Å². The van der Waals surface area contributed by atoms with Gasteiger partial charge in [0.25, 0.3) is 5.91 Å². The van der Waals surface area contributed by atoms with Crippen LogP contribution in [0.25, 0.3) is 0 Å². The van der Waals surface area contributed by atoms with Gasteiger partial charge in [-0.15, -0.1) is 0 Å². The first kappa shape index (κ1) is 23.8. The molecular weight excluding hydrogens is 400 g/mol. The number of primary amides is 1. The zero-order valence-electron chi connectivity index (χ0n) is 19.9. The molecule has 1 aliphatic heterocycles. The molecule has 0 saturated carbocycles. The summed E-state index contributed by atoms with van der Waals surface area (Å²) in [5, 5.41) is 0. The maximum Gasteiger partial charge on any atom is 0.254 e. The third-order valence-corrected chi connectivity index (χ3v) is 6.20. The van der Waals surface area contributed by atoms with Gasteiger partial charge in [-0.3, -0.25) is 9.59 Å². The summed E-state index contributed by atoms with van der Waals surface area (Å²) < 4.78 is 0. The van der Waals surface area contributed by atoms with E-state index in [0.29, 0.717) is 17.2 Å². The summed E-state index contributed by atoms with van der Waals surface area (Å²) in [6.45, 7) is 10.2. The molecule has 2 aromatic rings. The van der Waals surface area contributed by atoms with E-state index < -0.39 is 5.91 Å². The lowest BCUT2D eigenvalue weighted by molar-refractivity contribution is 0.0643. The summed E-state index contributed by atoms with van der Waals surface area (Å²) in [7, 11) is 2.14. The quantitative estimate of drug-likeness (QED) is 0.703. The molecule has 1 saturated heterocycles. The fourth-order valence-corrected chi connectivity index (χ4v) is 4.61. The van der Waals surface area contributed by atoms with Gasteiger partial charge in [0, 0.05) is 40.6 Å². The van der Waals surface area contributed by atoms with E-state index in [1.165, 1.54) is 0 Å². The van der Waals surface area contributed by atoms with Crippen LogP contribution in [0.3, 0.4) is 0 Å². The van der Waals surface area contributed by atoms with E-state index in [2.05, 4.69) is 16.8 Å². The molecule has 3 rings (SSSR count). The maximum atomic E-state index is 13.1. The highest BCUT2D eigenvalue weighted by atomic mass is 16.2. The number of anilines is 2. The molecular formula is C26H36N4O2. The zero-order valence-corrected chi connectivity index (χ0v) is 19.9. The van der Waals surface area contributed by atoms with Crippen LogP contribution in [0, 0.1) is 0 Å². The summed E-state index contributed by atoms with van der Waals surface area (Å²) in [5.74, 6) is -0.387. The van der Waals surface area contributed by atoms with Crippen molar-refractivity contribution in [2.45, 2.75) is 58.7 Å². The van der Waals surface area contributed by atoms with Crippen molar-refractivity contribution >= 4 is 23.2 Å². The average Bonchev–Trinajstić information content (AvgIpc) is 2.75. The number of hydrogen-bond donors (Lipinski definition) is 1. The molecule has 2 N–H and O–H groups in total. The predicted molar refractivity (Wildman–Crippen MR) is 131 cm³/mol. The van der Waals surface area contributed by atoms with Crippen LogP contribution in [0.4, 0.5) is 11.4 Å². The van der Waals surface area contributed by atoms with Crippen LogP contribution >= 0.6 is 0 Å². The summed E-state index contributed by atoms with van der Waals surface area (Å²) >= 11 is 0. The lowest BCUT2D eigenvalue weighted by Gasteiger charge is -2.39. The second-order valence-corrected chi connectivity index (χ2v) is 9.27. The Labute approximate surface area is 192 Å². The molecule has 6 nitrogen and oxygen atoms in total. The first-order valence-corrected chi connectivity index (χ1v) is 11.5. The number of carbonyl (C=O) groups is 2. The first-order chi connectivity index (χ1) is 15.2. The Balaban J connectivity index is 1.96. The highest BCUT2D eigenvalue weighted by Gasteiger charge is 2.26. The van der Waals surface area contributed by atoms with Crippen LogP contribution in [-0.4, -0.2) is 59.9 Å². The Kier molecular flexibility index (Phi) is 7.56. The molecule has 1 fully saturated rings. The minimum absolute atomic E-state index is 0.0446. The van der Waals surface area contributed by atoms with Crippen molar-refractivity contribution in [1.29, 1.82) is 0 Å². The van der Waals surface area contributed by atoms with Gasteiger partial charge in [-0.05, 0) is 103 Å². The number of nitrogens with two attached hydrogens (primary N) is 1. The molecule has 1 aliphatic rings. The van der Waals surface area contributed by atoms with E-state index in [1.54, 1.807) is 6.07 Å². The monoisotopic (exact) mass is 436 g/mol. The van der Waals surface area contributed by atoms with Crippen LogP contribution in [0.1, 0.15) is 61.3 Å². The molecule has 6 heteroatoms. The van der Waals surface area contributed by atoms with Gasteiger partial charge in [0.05, 0.1) is 0 Å². The number of hydrogen-bond acceptors (Lipinski definition) is 4. The van der Waals surface area contributed by atoms with Crippen LogP contribution in [0.5, 0.6) is 0 Å². The Morgan fingerprint density at radius 1 is 0.906 bits per heavy atom. The van der Waals surface area contributed by atoms with E-state index >= 15 is 0 Å². The molecule has 0 atom stereocenters. The third kappa shape index (κ3) is 5.30. The molecule has 2 aromatic carbocycles. The SMILES string of the molecule is CC(C)N(C(=O)c1ccc(N(c2cccc(C(N)=O)c2)C2CCN(C)CC2)cc1)C(C)C. The summed E-state index contributed by atoms with van der Waals surface area (Å²) in [6, 6.07) is 15.9. The predicted octanol–water partition coefficient (Wildman–Crippen LogP) is 4.28. The lowest BCUT2D eigenvalue weighted by Crippen LogP contribution is -2.42. The highest BCUT2D eigenvalue weighted by Crippen LogP contribution is 2.33. The minimum Gasteiger partial charge on any atom is -0.366 e. The summed E-state index contributed by atoms with van der Waals surface area (Å²) in [4.78, 5) is 31.4. The molecule has 172 valence electrons. The van der Waals surface area contributed by atoms with Gasteiger partial charge in [-0.2, -0.15) is 0 Å². The molecule has 2 amide bonds. The van der Waals surface area contributed by atoms with Crippen molar-refractivity contribution in [3.8, 4) is 0 Å². The van der Waals surface area contributed by atoms with Crippen molar-refractivity contribution in [3.05, 3.63) is 59.7 Å². The normalized spacial score (nSPS) is 15.2. The Bertz CT molecular complexity index is 923. The smallest absolute Gasteiger partial charge is 0.254 e. The first-order valence-electron chi connectivity index (χ1n) is 11.5. The van der Waals surface area contributed by atoms with Crippen LogP contribution in [-0.2, 0) is 0 Å². The van der Waals surface area contributed by atoms with Gasteiger partial charge in [0.15, 0.2) is 0 Å². The molecule has 0 aliphatic carbocycles. The molecule has 0 radical (unpaired) electrons. The molecule has 0 aromatic heterocycles. The number of likely N-dealkylation sites (tertiary alicyclic amines) is 1. The number of piperidine rings is 1. The topological polar surface area (TPSA) is 69.9 Å². The maximum absolute atomic E-state index is 13.1. The van der Waals surface area contributed by atoms with Gasteiger partial charge in [-0.25, -0.2) is 0 Å². The van der Waals surface area contributed by atoms with Crippen LogP contribution in [0.2, 0.25) is 0 Å². The number of rotatable bonds is 7. The number of benzene rings is 2. The fraction of sp³-hybridized carbons (Fsp3) is 0.462.